The Morgan fingerprint density at radius 1 is 1.57 bits per heavy atom. The quantitative estimate of drug-likeness (QED) is 0.725. The molecular formula is C10H18N2O2. The van der Waals surface area contributed by atoms with Gasteiger partial charge in [0.25, 0.3) is 6.02 Å². The maximum Gasteiger partial charge on any atom is 0.285 e. The number of hydrogen-bond donors (Lipinski definition) is 1. The van der Waals surface area contributed by atoms with Gasteiger partial charge in [0.15, 0.2) is 0 Å². The summed E-state index contributed by atoms with van der Waals surface area (Å²) in [6.07, 6.45) is 2.56. The van der Waals surface area contributed by atoms with E-state index in [1.54, 1.807) is 0 Å². The molecule has 1 atom stereocenters. The molecule has 4 nitrogen and oxygen atoms in total. The summed E-state index contributed by atoms with van der Waals surface area (Å²) in [5.74, 6) is 0. The molecule has 0 saturated carbocycles. The van der Waals surface area contributed by atoms with Gasteiger partial charge in [-0.15, -0.1) is 0 Å². The van der Waals surface area contributed by atoms with Gasteiger partial charge in [-0.1, -0.05) is 0 Å². The molecule has 1 unspecified atom stereocenters. The number of rotatable bonds is 2. The summed E-state index contributed by atoms with van der Waals surface area (Å²) in [4.78, 5) is 1.97. The van der Waals surface area contributed by atoms with Crippen LogP contribution in [0.4, 0.5) is 0 Å². The first kappa shape index (κ1) is 9.77. The lowest BCUT2D eigenvalue weighted by molar-refractivity contribution is 0.0903. The summed E-state index contributed by atoms with van der Waals surface area (Å²) in [6.45, 7) is 6.50. The van der Waals surface area contributed by atoms with Gasteiger partial charge in [-0.05, 0) is 26.7 Å². The number of nitrogens with one attached hydrogen (secondary N) is 1. The highest BCUT2D eigenvalue weighted by atomic mass is 16.5. The van der Waals surface area contributed by atoms with Crippen molar-refractivity contribution in [2.45, 2.75) is 38.4 Å². The van der Waals surface area contributed by atoms with Crippen LogP contribution in [-0.2, 0) is 9.47 Å². The molecule has 2 heterocycles. The minimum atomic E-state index is -0.213. The molecule has 2 aliphatic rings. The SMILES string of the molecule is CC1(C)CN(CC2CCCO2)C(=N)O1. The van der Waals surface area contributed by atoms with E-state index >= 15 is 0 Å². The van der Waals surface area contributed by atoms with Gasteiger partial charge in [-0.25, -0.2) is 0 Å². The third-order valence-electron chi connectivity index (χ3n) is 2.68. The second-order valence-corrected chi connectivity index (χ2v) is 4.68. The molecule has 80 valence electrons. The zero-order valence-corrected chi connectivity index (χ0v) is 8.88. The van der Waals surface area contributed by atoms with Crippen LogP contribution in [0.1, 0.15) is 26.7 Å². The number of nitrogens with zero attached hydrogens (tertiary/aromatic N) is 1. The van der Waals surface area contributed by atoms with Crippen molar-refractivity contribution in [3.8, 4) is 0 Å². The zero-order chi connectivity index (χ0) is 10.2. The molecule has 2 aliphatic heterocycles. The molecule has 0 aromatic rings. The van der Waals surface area contributed by atoms with Crippen molar-refractivity contribution in [1.29, 1.82) is 5.41 Å². The zero-order valence-electron chi connectivity index (χ0n) is 8.88. The Labute approximate surface area is 84.7 Å². The molecular weight excluding hydrogens is 180 g/mol. The molecule has 0 aromatic carbocycles. The fraction of sp³-hybridized carbons (Fsp3) is 0.900. The fourth-order valence-electron chi connectivity index (χ4n) is 2.07. The van der Waals surface area contributed by atoms with Crippen LogP contribution in [0, 0.1) is 5.41 Å². The second-order valence-electron chi connectivity index (χ2n) is 4.68. The van der Waals surface area contributed by atoms with Gasteiger partial charge in [0.1, 0.15) is 5.60 Å². The van der Waals surface area contributed by atoms with E-state index < -0.39 is 0 Å². The summed E-state index contributed by atoms with van der Waals surface area (Å²) in [6, 6.07) is 0.297. The van der Waals surface area contributed by atoms with Crippen LogP contribution in [0.3, 0.4) is 0 Å². The number of hydrogen-bond acceptors (Lipinski definition) is 3. The van der Waals surface area contributed by atoms with Gasteiger partial charge in [-0.2, -0.15) is 0 Å². The monoisotopic (exact) mass is 198 g/mol. The lowest BCUT2D eigenvalue weighted by Gasteiger charge is -2.19. The van der Waals surface area contributed by atoms with Crippen LogP contribution in [0.5, 0.6) is 0 Å². The number of amidine groups is 1. The predicted octanol–water partition coefficient (Wildman–Crippen LogP) is 1.21. The number of ether oxygens (including phenoxy) is 2. The molecule has 2 saturated heterocycles. The van der Waals surface area contributed by atoms with E-state index in [9.17, 15) is 0 Å². The highest BCUT2D eigenvalue weighted by Crippen LogP contribution is 2.23. The molecule has 0 radical (unpaired) electrons. The summed E-state index contributed by atoms with van der Waals surface area (Å²) >= 11 is 0. The van der Waals surface area contributed by atoms with Crippen molar-refractivity contribution in [2.75, 3.05) is 19.7 Å². The van der Waals surface area contributed by atoms with Crippen LogP contribution < -0.4 is 0 Å². The molecule has 4 heteroatoms. The summed E-state index contributed by atoms with van der Waals surface area (Å²) < 4.78 is 11.0. The first-order chi connectivity index (χ1) is 6.57. The Morgan fingerprint density at radius 3 is 2.86 bits per heavy atom. The van der Waals surface area contributed by atoms with Crippen LogP contribution in [0.25, 0.3) is 0 Å². The maximum atomic E-state index is 7.67. The van der Waals surface area contributed by atoms with E-state index in [2.05, 4.69) is 0 Å². The van der Waals surface area contributed by atoms with Gasteiger partial charge in [0.05, 0.1) is 12.6 Å². The van der Waals surface area contributed by atoms with E-state index in [1.165, 1.54) is 0 Å². The third-order valence-corrected chi connectivity index (χ3v) is 2.68. The van der Waals surface area contributed by atoms with Crippen LogP contribution in [0.15, 0.2) is 0 Å². The van der Waals surface area contributed by atoms with E-state index in [4.69, 9.17) is 14.9 Å². The highest BCUT2D eigenvalue weighted by molar-refractivity contribution is 5.73. The molecule has 0 spiro atoms. The molecule has 1 N–H and O–H groups in total. The average Bonchev–Trinajstić information content (AvgIpc) is 2.61. The smallest absolute Gasteiger partial charge is 0.285 e. The van der Waals surface area contributed by atoms with E-state index in [0.29, 0.717) is 12.1 Å². The van der Waals surface area contributed by atoms with Crippen molar-refractivity contribution in [1.82, 2.24) is 4.90 Å². The molecule has 0 aromatic heterocycles. The molecule has 2 rings (SSSR count). The second kappa shape index (κ2) is 3.42. The lowest BCUT2D eigenvalue weighted by Crippen LogP contribution is -2.35. The Morgan fingerprint density at radius 2 is 2.36 bits per heavy atom. The first-order valence-corrected chi connectivity index (χ1v) is 5.21. The van der Waals surface area contributed by atoms with Crippen LogP contribution in [-0.4, -0.2) is 42.3 Å². The van der Waals surface area contributed by atoms with Crippen molar-refractivity contribution in [3.05, 3.63) is 0 Å². The Kier molecular flexibility index (Phi) is 2.39. The highest BCUT2D eigenvalue weighted by Gasteiger charge is 2.36. The van der Waals surface area contributed by atoms with Crippen LogP contribution >= 0.6 is 0 Å². The van der Waals surface area contributed by atoms with E-state index in [1.807, 2.05) is 18.7 Å². The van der Waals surface area contributed by atoms with E-state index in [0.717, 1.165) is 32.5 Å². The summed E-state index contributed by atoms with van der Waals surface area (Å²) in [5, 5.41) is 7.67. The lowest BCUT2D eigenvalue weighted by atomic mass is 10.1. The third kappa shape index (κ3) is 2.00. The minimum Gasteiger partial charge on any atom is -0.457 e. The molecule has 2 fully saturated rings. The molecule has 14 heavy (non-hydrogen) atoms. The van der Waals surface area contributed by atoms with Gasteiger partial charge in [-0.3, -0.25) is 5.41 Å². The van der Waals surface area contributed by atoms with Crippen molar-refractivity contribution in [3.63, 3.8) is 0 Å². The summed E-state index contributed by atoms with van der Waals surface area (Å²) in [5.41, 5.74) is -0.213. The van der Waals surface area contributed by atoms with E-state index in [-0.39, 0.29) is 5.60 Å². The van der Waals surface area contributed by atoms with Gasteiger partial charge in [0, 0.05) is 13.2 Å². The average molecular weight is 198 g/mol. The largest absolute Gasteiger partial charge is 0.457 e. The van der Waals surface area contributed by atoms with Gasteiger partial charge < -0.3 is 14.4 Å². The summed E-state index contributed by atoms with van der Waals surface area (Å²) in [7, 11) is 0. The molecule has 0 amide bonds. The fourth-order valence-corrected chi connectivity index (χ4v) is 2.07. The predicted molar refractivity (Wildman–Crippen MR) is 53.4 cm³/mol. The first-order valence-electron chi connectivity index (χ1n) is 5.21. The topological polar surface area (TPSA) is 45.5 Å². The normalized spacial score (nSPS) is 30.9. The van der Waals surface area contributed by atoms with Crippen molar-refractivity contribution < 1.29 is 9.47 Å². The van der Waals surface area contributed by atoms with Crippen molar-refractivity contribution in [2.24, 2.45) is 0 Å². The Bertz CT molecular complexity index is 234. The molecule has 0 bridgehead atoms. The Balaban J connectivity index is 1.89. The Hall–Kier alpha value is -0.770. The van der Waals surface area contributed by atoms with Crippen molar-refractivity contribution >= 4 is 6.02 Å². The van der Waals surface area contributed by atoms with Gasteiger partial charge in [0.2, 0.25) is 0 Å². The minimum absolute atomic E-state index is 0.213. The molecule has 0 aliphatic carbocycles. The maximum absolute atomic E-state index is 7.67. The standard InChI is InChI=1S/C10H18N2O2/c1-10(2)7-12(9(11)14-10)6-8-4-3-5-13-8/h8,11H,3-7H2,1-2H3. The van der Waals surface area contributed by atoms with Crippen LogP contribution in [0.2, 0.25) is 0 Å². The van der Waals surface area contributed by atoms with Gasteiger partial charge >= 0.3 is 0 Å².